The standard InChI is InChI=1S/C13H12BrFN2O4/c14-7-1-3-10(8(15)5-7)21-6-12(19)16-9-2-4-11(18)17-13(9)20/h1,3,5,9H,2,4,6H2,(H,16,19)(H,17,18,20). The molecular weight excluding hydrogens is 347 g/mol. The van der Waals surface area contributed by atoms with Crippen molar-refractivity contribution in [3.05, 3.63) is 28.5 Å². The number of carbonyl (C=O) groups excluding carboxylic acids is 3. The Morgan fingerprint density at radius 3 is 2.90 bits per heavy atom. The van der Waals surface area contributed by atoms with E-state index in [0.717, 1.165) is 0 Å². The Morgan fingerprint density at radius 1 is 1.48 bits per heavy atom. The van der Waals surface area contributed by atoms with Gasteiger partial charge in [0.25, 0.3) is 5.91 Å². The van der Waals surface area contributed by atoms with Crippen molar-refractivity contribution in [2.75, 3.05) is 6.61 Å². The number of ether oxygens (including phenoxy) is 1. The second kappa shape index (κ2) is 6.66. The molecule has 1 aromatic rings. The molecule has 3 amide bonds. The second-order valence-corrected chi connectivity index (χ2v) is 5.35. The molecule has 0 spiro atoms. The van der Waals surface area contributed by atoms with Crippen LogP contribution in [0, 0.1) is 5.82 Å². The van der Waals surface area contributed by atoms with E-state index < -0.39 is 30.3 Å². The van der Waals surface area contributed by atoms with Gasteiger partial charge >= 0.3 is 0 Å². The van der Waals surface area contributed by atoms with Crippen LogP contribution in [0.3, 0.4) is 0 Å². The molecule has 0 aliphatic carbocycles. The number of rotatable bonds is 4. The fourth-order valence-electron chi connectivity index (χ4n) is 1.80. The van der Waals surface area contributed by atoms with Gasteiger partial charge in [-0.25, -0.2) is 4.39 Å². The first-order valence-electron chi connectivity index (χ1n) is 6.16. The number of amides is 3. The summed E-state index contributed by atoms with van der Waals surface area (Å²) in [5.74, 6) is -2.13. The third-order valence-corrected chi connectivity index (χ3v) is 3.32. The van der Waals surface area contributed by atoms with E-state index in [1.807, 2.05) is 0 Å². The fourth-order valence-corrected chi connectivity index (χ4v) is 2.14. The summed E-state index contributed by atoms with van der Waals surface area (Å²) in [5.41, 5.74) is 0. The molecule has 0 aromatic heterocycles. The first-order valence-corrected chi connectivity index (χ1v) is 6.96. The summed E-state index contributed by atoms with van der Waals surface area (Å²) in [7, 11) is 0. The third-order valence-electron chi connectivity index (χ3n) is 2.83. The summed E-state index contributed by atoms with van der Waals surface area (Å²) in [6, 6.07) is 3.41. The zero-order chi connectivity index (χ0) is 15.4. The molecule has 2 rings (SSSR count). The molecule has 1 aliphatic rings. The molecule has 0 bridgehead atoms. The minimum absolute atomic E-state index is 0.0587. The smallest absolute Gasteiger partial charge is 0.258 e. The summed E-state index contributed by atoms with van der Waals surface area (Å²) >= 11 is 3.11. The second-order valence-electron chi connectivity index (χ2n) is 4.43. The fraction of sp³-hybridized carbons (Fsp3) is 0.308. The topological polar surface area (TPSA) is 84.5 Å². The maximum Gasteiger partial charge on any atom is 0.258 e. The van der Waals surface area contributed by atoms with Crippen LogP contribution in [0.4, 0.5) is 4.39 Å². The molecular formula is C13H12BrFN2O4. The summed E-state index contributed by atoms with van der Waals surface area (Å²) in [4.78, 5) is 34.1. The Balaban J connectivity index is 1.85. The van der Waals surface area contributed by atoms with Crippen LogP contribution in [0.25, 0.3) is 0 Å². The van der Waals surface area contributed by atoms with Crippen molar-refractivity contribution in [1.29, 1.82) is 0 Å². The molecule has 1 saturated heterocycles. The van der Waals surface area contributed by atoms with Crippen molar-refractivity contribution in [2.24, 2.45) is 0 Å². The van der Waals surface area contributed by atoms with Crippen LogP contribution in [-0.2, 0) is 14.4 Å². The molecule has 1 aromatic carbocycles. The number of imide groups is 1. The monoisotopic (exact) mass is 358 g/mol. The van der Waals surface area contributed by atoms with Gasteiger partial charge in [-0.15, -0.1) is 0 Å². The first kappa shape index (κ1) is 15.4. The summed E-state index contributed by atoms with van der Waals surface area (Å²) in [6.07, 6.45) is 0.405. The zero-order valence-electron chi connectivity index (χ0n) is 10.8. The average Bonchev–Trinajstić information content (AvgIpc) is 2.41. The maximum absolute atomic E-state index is 13.5. The lowest BCUT2D eigenvalue weighted by atomic mass is 10.1. The molecule has 1 atom stereocenters. The van der Waals surface area contributed by atoms with Crippen LogP contribution in [0.5, 0.6) is 5.75 Å². The SMILES string of the molecule is O=C1CCC(NC(=O)COc2ccc(Br)cc2F)C(=O)N1. The van der Waals surface area contributed by atoms with Gasteiger partial charge in [-0.2, -0.15) is 0 Å². The van der Waals surface area contributed by atoms with Crippen molar-refractivity contribution in [2.45, 2.75) is 18.9 Å². The Bertz CT molecular complexity index is 594. The van der Waals surface area contributed by atoms with Crippen molar-refractivity contribution in [3.63, 3.8) is 0 Å². The number of piperidine rings is 1. The van der Waals surface area contributed by atoms with E-state index in [9.17, 15) is 18.8 Å². The molecule has 1 aliphatic heterocycles. The van der Waals surface area contributed by atoms with Crippen LogP contribution in [0.1, 0.15) is 12.8 Å². The number of hydrogen-bond acceptors (Lipinski definition) is 4. The molecule has 0 saturated carbocycles. The van der Waals surface area contributed by atoms with E-state index in [1.165, 1.54) is 12.1 Å². The van der Waals surface area contributed by atoms with Crippen LogP contribution < -0.4 is 15.4 Å². The average molecular weight is 359 g/mol. The number of halogens is 2. The van der Waals surface area contributed by atoms with Crippen molar-refractivity contribution < 1.29 is 23.5 Å². The van der Waals surface area contributed by atoms with E-state index in [2.05, 4.69) is 26.6 Å². The molecule has 1 fully saturated rings. The molecule has 112 valence electrons. The van der Waals surface area contributed by atoms with Crippen LogP contribution in [0.15, 0.2) is 22.7 Å². The molecule has 21 heavy (non-hydrogen) atoms. The lowest BCUT2D eigenvalue weighted by Gasteiger charge is -2.21. The van der Waals surface area contributed by atoms with Gasteiger partial charge in [0.15, 0.2) is 18.2 Å². The summed E-state index contributed by atoms with van der Waals surface area (Å²) in [6.45, 7) is -0.420. The number of benzene rings is 1. The molecule has 8 heteroatoms. The highest BCUT2D eigenvalue weighted by atomic mass is 79.9. The normalized spacial score (nSPS) is 18.1. The van der Waals surface area contributed by atoms with Gasteiger partial charge in [-0.3, -0.25) is 19.7 Å². The van der Waals surface area contributed by atoms with Crippen molar-refractivity contribution in [3.8, 4) is 5.75 Å². The molecule has 6 nitrogen and oxygen atoms in total. The van der Waals surface area contributed by atoms with E-state index in [4.69, 9.17) is 4.74 Å². The highest BCUT2D eigenvalue weighted by Gasteiger charge is 2.27. The number of hydrogen-bond donors (Lipinski definition) is 2. The van der Waals surface area contributed by atoms with Crippen molar-refractivity contribution in [1.82, 2.24) is 10.6 Å². The first-order chi connectivity index (χ1) is 9.95. The summed E-state index contributed by atoms with van der Waals surface area (Å²) < 4.78 is 19.1. The molecule has 2 N–H and O–H groups in total. The van der Waals surface area contributed by atoms with Crippen LogP contribution in [0.2, 0.25) is 0 Å². The van der Waals surface area contributed by atoms with E-state index >= 15 is 0 Å². The molecule has 0 radical (unpaired) electrons. The van der Waals surface area contributed by atoms with Gasteiger partial charge in [0.05, 0.1) is 0 Å². The quantitative estimate of drug-likeness (QED) is 0.782. The van der Waals surface area contributed by atoms with Gasteiger partial charge < -0.3 is 10.1 Å². The lowest BCUT2D eigenvalue weighted by Crippen LogP contribution is -2.53. The Kier molecular flexibility index (Phi) is 4.89. The van der Waals surface area contributed by atoms with Gasteiger partial charge in [-0.1, -0.05) is 15.9 Å². The van der Waals surface area contributed by atoms with Gasteiger partial charge in [0, 0.05) is 10.9 Å². The predicted octanol–water partition coefficient (Wildman–Crippen LogP) is 0.888. The van der Waals surface area contributed by atoms with Crippen LogP contribution in [-0.4, -0.2) is 30.4 Å². The minimum Gasteiger partial charge on any atom is -0.481 e. The number of carbonyl (C=O) groups is 3. The van der Waals surface area contributed by atoms with Gasteiger partial charge in [0.2, 0.25) is 11.8 Å². The Morgan fingerprint density at radius 2 is 2.24 bits per heavy atom. The number of nitrogens with one attached hydrogen (secondary N) is 2. The third kappa shape index (κ3) is 4.25. The van der Waals surface area contributed by atoms with Gasteiger partial charge in [-0.05, 0) is 24.6 Å². The molecule has 1 heterocycles. The largest absolute Gasteiger partial charge is 0.481 e. The van der Waals surface area contributed by atoms with E-state index in [0.29, 0.717) is 4.47 Å². The summed E-state index contributed by atoms with van der Waals surface area (Å²) in [5, 5.41) is 4.56. The zero-order valence-corrected chi connectivity index (χ0v) is 12.4. The van der Waals surface area contributed by atoms with E-state index in [-0.39, 0.29) is 24.5 Å². The van der Waals surface area contributed by atoms with Crippen LogP contribution >= 0.6 is 15.9 Å². The van der Waals surface area contributed by atoms with Crippen molar-refractivity contribution >= 4 is 33.7 Å². The lowest BCUT2D eigenvalue weighted by molar-refractivity contribution is -0.137. The molecule has 1 unspecified atom stereocenters. The highest BCUT2D eigenvalue weighted by molar-refractivity contribution is 9.10. The minimum atomic E-state index is -0.770. The van der Waals surface area contributed by atoms with Gasteiger partial charge in [0.1, 0.15) is 6.04 Å². The Hall–Kier alpha value is -1.96. The maximum atomic E-state index is 13.5. The Labute approximate surface area is 128 Å². The van der Waals surface area contributed by atoms with E-state index in [1.54, 1.807) is 6.07 Å². The highest BCUT2D eigenvalue weighted by Crippen LogP contribution is 2.21. The predicted molar refractivity (Wildman–Crippen MR) is 73.9 cm³/mol.